The van der Waals surface area contributed by atoms with Gasteiger partial charge in [-0.15, -0.1) is 0 Å². The summed E-state index contributed by atoms with van der Waals surface area (Å²) in [5.41, 5.74) is 0.445. The predicted molar refractivity (Wildman–Crippen MR) is 47.2 cm³/mol. The van der Waals surface area contributed by atoms with Crippen molar-refractivity contribution in [2.24, 2.45) is 0 Å². The molecule has 0 unspecified atom stereocenters. The molecule has 1 aromatic rings. The number of benzene rings is 1. The van der Waals surface area contributed by atoms with Crippen molar-refractivity contribution in [3.8, 4) is 5.75 Å². The molecule has 4 nitrogen and oxygen atoms in total. The summed E-state index contributed by atoms with van der Waals surface area (Å²) < 4.78 is 0.464. The van der Waals surface area contributed by atoms with E-state index in [0.717, 1.165) is 6.07 Å². The van der Waals surface area contributed by atoms with Crippen LogP contribution >= 0.6 is 15.9 Å². The van der Waals surface area contributed by atoms with Crippen LogP contribution in [-0.4, -0.2) is 10.0 Å². The third kappa shape index (κ3) is 1.55. The first-order valence-electron chi connectivity index (χ1n) is 3.16. The second-order valence-electron chi connectivity index (χ2n) is 2.35. The van der Waals surface area contributed by atoms with E-state index in [-0.39, 0.29) is 11.4 Å². The quantitative estimate of drug-likeness (QED) is 0.597. The molecule has 1 N–H and O–H groups in total. The summed E-state index contributed by atoms with van der Waals surface area (Å²) in [6.45, 7) is 1.61. The van der Waals surface area contributed by atoms with E-state index >= 15 is 0 Å². The molecule has 0 atom stereocenters. The summed E-state index contributed by atoms with van der Waals surface area (Å²) in [6, 6.07) is 2.63. The molecule has 1 rings (SSSR count). The van der Waals surface area contributed by atoms with Crippen LogP contribution in [0.4, 0.5) is 5.69 Å². The van der Waals surface area contributed by atoms with Gasteiger partial charge in [-0.3, -0.25) is 10.1 Å². The van der Waals surface area contributed by atoms with Gasteiger partial charge in [-0.05, 0) is 28.9 Å². The number of halogens is 1. The molecule has 0 saturated heterocycles. The number of nitrogens with zero attached hydrogens (tertiary/aromatic N) is 1. The van der Waals surface area contributed by atoms with Gasteiger partial charge in [-0.1, -0.05) is 0 Å². The summed E-state index contributed by atoms with van der Waals surface area (Å²) in [5.74, 6) is -0.118. The van der Waals surface area contributed by atoms with Crippen LogP contribution in [0.1, 0.15) is 5.56 Å². The Bertz CT molecular complexity index is 338. The van der Waals surface area contributed by atoms with Gasteiger partial charge in [0.2, 0.25) is 0 Å². The normalized spacial score (nSPS) is 9.83. The third-order valence-electron chi connectivity index (χ3n) is 1.46. The molecule has 0 aliphatic heterocycles. The van der Waals surface area contributed by atoms with Gasteiger partial charge in [0, 0.05) is 5.56 Å². The summed E-state index contributed by atoms with van der Waals surface area (Å²) in [4.78, 5) is 9.84. The molecule has 0 aliphatic carbocycles. The molecule has 0 bridgehead atoms. The van der Waals surface area contributed by atoms with Crippen molar-refractivity contribution in [2.75, 3.05) is 0 Å². The lowest BCUT2D eigenvalue weighted by atomic mass is 10.2. The van der Waals surface area contributed by atoms with Crippen molar-refractivity contribution in [2.45, 2.75) is 6.92 Å². The van der Waals surface area contributed by atoms with Crippen LogP contribution in [0, 0.1) is 17.0 Å². The highest BCUT2D eigenvalue weighted by molar-refractivity contribution is 9.10. The van der Waals surface area contributed by atoms with Crippen molar-refractivity contribution in [3.63, 3.8) is 0 Å². The van der Waals surface area contributed by atoms with Gasteiger partial charge in [-0.25, -0.2) is 0 Å². The van der Waals surface area contributed by atoms with Gasteiger partial charge in [0.05, 0.1) is 15.5 Å². The molecule has 0 heterocycles. The molecular formula is C7H6BrNO3. The highest BCUT2D eigenvalue weighted by atomic mass is 79.9. The molecule has 0 saturated carbocycles. The highest BCUT2D eigenvalue weighted by Crippen LogP contribution is 2.30. The van der Waals surface area contributed by atoms with Crippen LogP contribution in [0.15, 0.2) is 16.6 Å². The lowest BCUT2D eigenvalue weighted by Crippen LogP contribution is -1.91. The van der Waals surface area contributed by atoms with E-state index in [0.29, 0.717) is 10.0 Å². The van der Waals surface area contributed by atoms with E-state index in [4.69, 9.17) is 5.11 Å². The Morgan fingerprint density at radius 1 is 1.58 bits per heavy atom. The van der Waals surface area contributed by atoms with Crippen LogP contribution in [0.25, 0.3) is 0 Å². The highest BCUT2D eigenvalue weighted by Gasteiger charge is 2.13. The van der Waals surface area contributed by atoms with Crippen LogP contribution in [0.3, 0.4) is 0 Å². The van der Waals surface area contributed by atoms with E-state index in [2.05, 4.69) is 15.9 Å². The first kappa shape index (κ1) is 8.99. The molecular weight excluding hydrogens is 226 g/mol. The molecule has 0 spiro atoms. The Kier molecular flexibility index (Phi) is 2.32. The molecule has 0 radical (unpaired) electrons. The van der Waals surface area contributed by atoms with Gasteiger partial charge in [0.25, 0.3) is 5.69 Å². The van der Waals surface area contributed by atoms with E-state index in [9.17, 15) is 10.1 Å². The number of phenolic OH excluding ortho intramolecular Hbond substituents is 1. The topological polar surface area (TPSA) is 63.4 Å². The van der Waals surface area contributed by atoms with E-state index in [1.54, 1.807) is 6.92 Å². The lowest BCUT2D eigenvalue weighted by molar-refractivity contribution is -0.385. The number of nitro groups is 1. The van der Waals surface area contributed by atoms with E-state index in [1.165, 1.54) is 6.07 Å². The first-order chi connectivity index (χ1) is 5.52. The fraction of sp³-hybridized carbons (Fsp3) is 0.143. The number of phenols is 1. The molecule has 5 heteroatoms. The molecule has 0 fully saturated rings. The van der Waals surface area contributed by atoms with Gasteiger partial charge in [-0.2, -0.15) is 0 Å². The minimum absolute atomic E-state index is 0.0734. The number of hydrogen-bond acceptors (Lipinski definition) is 3. The zero-order valence-electron chi connectivity index (χ0n) is 6.24. The number of aromatic hydroxyl groups is 1. The van der Waals surface area contributed by atoms with Gasteiger partial charge in [0.1, 0.15) is 5.75 Å². The van der Waals surface area contributed by atoms with Crippen LogP contribution in [0.2, 0.25) is 0 Å². The Morgan fingerprint density at radius 3 is 2.67 bits per heavy atom. The minimum atomic E-state index is -0.526. The zero-order valence-corrected chi connectivity index (χ0v) is 7.83. The summed E-state index contributed by atoms with van der Waals surface area (Å²) in [5, 5.41) is 19.5. The van der Waals surface area contributed by atoms with Crippen molar-refractivity contribution in [1.29, 1.82) is 0 Å². The Hall–Kier alpha value is -1.10. The largest absolute Gasteiger partial charge is 0.507 e. The second kappa shape index (κ2) is 3.10. The molecule has 64 valence electrons. The van der Waals surface area contributed by atoms with Crippen LogP contribution < -0.4 is 0 Å². The van der Waals surface area contributed by atoms with Gasteiger partial charge >= 0.3 is 0 Å². The van der Waals surface area contributed by atoms with Crippen molar-refractivity contribution < 1.29 is 10.0 Å². The van der Waals surface area contributed by atoms with Crippen molar-refractivity contribution >= 4 is 21.6 Å². The Labute approximate surface area is 77.1 Å². The summed E-state index contributed by atoms with van der Waals surface area (Å²) >= 11 is 3.06. The van der Waals surface area contributed by atoms with Crippen molar-refractivity contribution in [1.82, 2.24) is 0 Å². The summed E-state index contributed by atoms with van der Waals surface area (Å²) in [6.07, 6.45) is 0. The van der Waals surface area contributed by atoms with E-state index in [1.807, 2.05) is 0 Å². The third-order valence-corrected chi connectivity index (χ3v) is 2.10. The number of nitro benzene ring substituents is 1. The Morgan fingerprint density at radius 2 is 2.17 bits per heavy atom. The number of hydrogen-bond donors (Lipinski definition) is 1. The number of rotatable bonds is 1. The van der Waals surface area contributed by atoms with Gasteiger partial charge in [0.15, 0.2) is 0 Å². The second-order valence-corrected chi connectivity index (χ2v) is 3.20. The first-order valence-corrected chi connectivity index (χ1v) is 3.95. The Balaban J connectivity index is 3.33. The maximum atomic E-state index is 10.4. The fourth-order valence-electron chi connectivity index (χ4n) is 0.847. The average Bonchev–Trinajstić information content (AvgIpc) is 1.96. The molecule has 0 aromatic heterocycles. The smallest absolute Gasteiger partial charge is 0.276 e. The number of aryl methyl sites for hydroxylation is 1. The van der Waals surface area contributed by atoms with Crippen molar-refractivity contribution in [3.05, 3.63) is 32.3 Å². The molecule has 0 amide bonds. The minimum Gasteiger partial charge on any atom is -0.507 e. The van der Waals surface area contributed by atoms with Crippen LogP contribution in [0.5, 0.6) is 5.75 Å². The molecule has 12 heavy (non-hydrogen) atoms. The fourth-order valence-corrected chi connectivity index (χ4v) is 1.30. The van der Waals surface area contributed by atoms with Gasteiger partial charge < -0.3 is 5.11 Å². The molecule has 0 aliphatic rings. The van der Waals surface area contributed by atoms with E-state index < -0.39 is 4.92 Å². The lowest BCUT2D eigenvalue weighted by Gasteiger charge is -1.99. The van der Waals surface area contributed by atoms with Crippen LogP contribution in [-0.2, 0) is 0 Å². The summed E-state index contributed by atoms with van der Waals surface area (Å²) in [7, 11) is 0. The predicted octanol–water partition coefficient (Wildman–Crippen LogP) is 2.37. The average molecular weight is 232 g/mol. The maximum Gasteiger partial charge on any atom is 0.276 e. The monoisotopic (exact) mass is 231 g/mol. The standard InChI is InChI=1S/C7H6BrNO3/c1-4-2-5(8)7(10)3-6(4)9(11)12/h2-3,10H,1H3. The zero-order chi connectivity index (χ0) is 9.30. The SMILES string of the molecule is Cc1cc(Br)c(O)cc1[N+](=O)[O-]. The maximum absolute atomic E-state index is 10.4. The molecule has 1 aromatic carbocycles.